The van der Waals surface area contributed by atoms with Gasteiger partial charge in [-0.25, -0.2) is 0 Å². The Kier molecular flexibility index (Phi) is 31.9. The minimum Gasteiger partial charge on any atom is 0 e. The number of halogens is 2. The fourth-order valence-corrected chi connectivity index (χ4v) is 1.73. The Labute approximate surface area is 171 Å². The minimum absolute atomic E-state index is 0. The largest absolute Gasteiger partial charge is 0 e. The third-order valence-electron chi connectivity index (χ3n) is 2.05. The summed E-state index contributed by atoms with van der Waals surface area (Å²) in [6.07, 6.45) is 6.39. The van der Waals surface area contributed by atoms with E-state index in [-0.39, 0.29) is 30.6 Å². The Morgan fingerprint density at radius 3 is 1.29 bits per heavy atom. The van der Waals surface area contributed by atoms with Crippen molar-refractivity contribution in [3.8, 4) is 0 Å². The SMILES string of the molecule is CC(C)CO.CC(C)CO.CC(C)CO.[F][GeH]([F])[C]1=[C-]CC=C1.[Zr]. The van der Waals surface area contributed by atoms with Gasteiger partial charge in [0, 0.05) is 46.0 Å². The number of aliphatic hydroxyl groups is 3. The molecule has 0 heterocycles. The molecule has 0 unspecified atom stereocenters. The van der Waals surface area contributed by atoms with Crippen LogP contribution in [-0.2, 0) is 26.2 Å². The molecule has 0 fully saturated rings. The topological polar surface area (TPSA) is 60.7 Å². The van der Waals surface area contributed by atoms with Crippen LogP contribution in [-0.4, -0.2) is 50.4 Å². The first-order valence-corrected chi connectivity index (χ1v) is 11.0. The summed E-state index contributed by atoms with van der Waals surface area (Å²) in [7, 11) is 0. The van der Waals surface area contributed by atoms with E-state index in [1.54, 1.807) is 6.08 Å². The standard InChI is InChI=1S/C5H5F2Ge.3C4H10O.Zr/c6-8(7)5-3-1-2-4-5;3*1-4(2)3-5;/h1,3,8H,2H2;3*4-5H,3H2,1-2H3;/q-1;;;;. The van der Waals surface area contributed by atoms with Crippen molar-refractivity contribution in [3.05, 3.63) is 22.6 Å². The summed E-state index contributed by atoms with van der Waals surface area (Å²) < 4.78 is 23.8. The van der Waals surface area contributed by atoms with Crippen LogP contribution in [0.3, 0.4) is 0 Å². The molecule has 1 aliphatic carbocycles. The molecule has 24 heavy (non-hydrogen) atoms. The molecule has 0 saturated heterocycles. The maximum absolute atomic E-state index is 11.8. The van der Waals surface area contributed by atoms with Gasteiger partial charge in [0.25, 0.3) is 0 Å². The normalized spacial score (nSPS) is 11.9. The molecule has 3 N–H and O–H groups in total. The number of rotatable bonds is 4. The molecule has 0 aromatic carbocycles. The second kappa shape index (κ2) is 23.6. The number of aliphatic hydroxyl groups excluding tert-OH is 3. The number of allylic oxidation sites excluding steroid dienone is 4. The first kappa shape index (κ1) is 32.3. The predicted molar refractivity (Wildman–Crippen MR) is 95.6 cm³/mol. The van der Waals surface area contributed by atoms with E-state index in [0.717, 1.165) is 0 Å². The molecule has 0 atom stereocenters. The molecule has 0 aromatic rings. The van der Waals surface area contributed by atoms with Gasteiger partial charge in [-0.2, -0.15) is 0 Å². The predicted octanol–water partition coefficient (Wildman–Crippen LogP) is 3.28. The summed E-state index contributed by atoms with van der Waals surface area (Å²) in [5, 5.41) is 24.4. The van der Waals surface area contributed by atoms with E-state index in [1.165, 1.54) is 6.08 Å². The second-order valence-corrected chi connectivity index (χ2v) is 8.84. The van der Waals surface area contributed by atoms with E-state index in [2.05, 4.69) is 6.08 Å². The van der Waals surface area contributed by atoms with Crippen LogP contribution in [0.2, 0.25) is 0 Å². The first-order chi connectivity index (χ1) is 10.6. The Bertz CT molecular complexity index is 279. The van der Waals surface area contributed by atoms with Crippen LogP contribution in [0.25, 0.3) is 0 Å². The van der Waals surface area contributed by atoms with Crippen molar-refractivity contribution < 1.29 is 48.5 Å². The summed E-state index contributed by atoms with van der Waals surface area (Å²) in [6.45, 7) is 12.7. The third kappa shape index (κ3) is 34.1. The first-order valence-electron chi connectivity index (χ1n) is 8.00. The van der Waals surface area contributed by atoms with Gasteiger partial charge in [0.1, 0.15) is 0 Å². The molecule has 7 heteroatoms. The molecule has 0 amide bonds. The zero-order valence-electron chi connectivity index (χ0n) is 15.9. The van der Waals surface area contributed by atoms with Gasteiger partial charge in [0.2, 0.25) is 0 Å². The van der Waals surface area contributed by atoms with Gasteiger partial charge in [-0.3, -0.25) is 0 Å². The third-order valence-corrected chi connectivity index (χ3v) is 3.87. The molecule has 144 valence electrons. The van der Waals surface area contributed by atoms with Gasteiger partial charge >= 0.3 is 51.3 Å². The van der Waals surface area contributed by atoms with E-state index < -0.39 is 15.3 Å². The van der Waals surface area contributed by atoms with Crippen LogP contribution in [0.15, 0.2) is 16.6 Å². The molecule has 0 radical (unpaired) electrons. The van der Waals surface area contributed by atoms with Crippen molar-refractivity contribution in [1.82, 2.24) is 0 Å². The van der Waals surface area contributed by atoms with Crippen molar-refractivity contribution in [2.45, 2.75) is 48.0 Å². The van der Waals surface area contributed by atoms with Gasteiger partial charge in [-0.05, 0) is 17.8 Å². The molecular weight excluding hydrogens is 454 g/mol. The summed E-state index contributed by atoms with van der Waals surface area (Å²) in [5.41, 5.74) is 0. The van der Waals surface area contributed by atoms with Crippen LogP contribution in [0.1, 0.15) is 48.0 Å². The number of hydrogen-bond acceptors (Lipinski definition) is 3. The molecule has 0 aliphatic heterocycles. The van der Waals surface area contributed by atoms with Gasteiger partial charge in [0.15, 0.2) is 0 Å². The zero-order chi connectivity index (χ0) is 18.8. The Morgan fingerprint density at radius 1 is 0.917 bits per heavy atom. The zero-order valence-corrected chi connectivity index (χ0v) is 20.8. The van der Waals surface area contributed by atoms with E-state index in [4.69, 9.17) is 15.3 Å². The average Bonchev–Trinajstić information content (AvgIpc) is 3.03. The van der Waals surface area contributed by atoms with E-state index in [0.29, 0.717) is 44.0 Å². The van der Waals surface area contributed by atoms with Gasteiger partial charge in [-0.15, -0.1) is 0 Å². The fraction of sp³-hybridized carbons (Fsp3) is 0.765. The maximum Gasteiger partial charge on any atom is 0 e. The summed E-state index contributed by atoms with van der Waals surface area (Å²) in [6, 6.07) is 0. The van der Waals surface area contributed by atoms with E-state index in [1.807, 2.05) is 41.5 Å². The molecule has 0 saturated carbocycles. The van der Waals surface area contributed by atoms with Gasteiger partial charge in [-0.1, -0.05) is 41.5 Å². The Balaban J connectivity index is -0.000000113. The molecule has 0 spiro atoms. The van der Waals surface area contributed by atoms with Crippen LogP contribution < -0.4 is 0 Å². The fourth-order valence-electron chi connectivity index (χ4n) is 0.571. The quantitative estimate of drug-likeness (QED) is 0.420. The second-order valence-electron chi connectivity index (χ2n) is 6.27. The molecule has 1 aliphatic rings. The van der Waals surface area contributed by atoms with Crippen molar-refractivity contribution in [1.29, 1.82) is 0 Å². The molecule has 0 aromatic heterocycles. The average molecular weight is 489 g/mol. The van der Waals surface area contributed by atoms with Crippen molar-refractivity contribution in [3.63, 3.8) is 0 Å². The van der Waals surface area contributed by atoms with Crippen molar-refractivity contribution in [2.24, 2.45) is 17.8 Å². The van der Waals surface area contributed by atoms with Crippen LogP contribution in [0.5, 0.6) is 0 Å². The molecular formula is C17H35F2GeO3Zr-. The monoisotopic (exact) mass is 489 g/mol. The van der Waals surface area contributed by atoms with Crippen LogP contribution >= 0.6 is 0 Å². The van der Waals surface area contributed by atoms with E-state index in [9.17, 15) is 7.00 Å². The minimum atomic E-state index is -3.91. The van der Waals surface area contributed by atoms with Gasteiger partial charge in [0.05, 0.1) is 0 Å². The molecule has 0 bridgehead atoms. The number of hydrogen-bond donors (Lipinski definition) is 3. The Morgan fingerprint density at radius 2 is 1.21 bits per heavy atom. The summed E-state index contributed by atoms with van der Waals surface area (Å²) >= 11 is -3.91. The van der Waals surface area contributed by atoms with Crippen LogP contribution in [0, 0.1) is 23.8 Å². The molecule has 1 rings (SSSR count). The van der Waals surface area contributed by atoms with Gasteiger partial charge < -0.3 is 15.3 Å². The van der Waals surface area contributed by atoms with Crippen molar-refractivity contribution in [2.75, 3.05) is 19.8 Å². The maximum atomic E-state index is 11.8. The summed E-state index contributed by atoms with van der Waals surface area (Å²) in [4.78, 5) is 0. The smallest absolute Gasteiger partial charge is 0 e. The van der Waals surface area contributed by atoms with E-state index >= 15 is 0 Å². The molecule has 3 nitrogen and oxygen atoms in total. The van der Waals surface area contributed by atoms with Crippen LogP contribution in [0.4, 0.5) is 7.00 Å². The van der Waals surface area contributed by atoms with Crippen molar-refractivity contribution >= 4 is 15.3 Å². The summed E-state index contributed by atoms with van der Waals surface area (Å²) in [5.74, 6) is 1.32. The Hall–Kier alpha value is 0.646.